The number of rotatable bonds is 4. The van der Waals surface area contributed by atoms with Gasteiger partial charge in [-0.2, -0.15) is 0 Å². The Bertz CT molecular complexity index is 342. The van der Waals surface area contributed by atoms with Crippen molar-refractivity contribution in [1.82, 2.24) is 10.3 Å². The molecule has 1 saturated carbocycles. The van der Waals surface area contributed by atoms with Gasteiger partial charge in [-0.15, -0.1) is 0 Å². The van der Waals surface area contributed by atoms with E-state index in [9.17, 15) is 9.90 Å². The highest BCUT2D eigenvalue weighted by atomic mass is 16.3. The van der Waals surface area contributed by atoms with Crippen LogP contribution in [0.4, 0.5) is 0 Å². The molecule has 4 heteroatoms. The van der Waals surface area contributed by atoms with Crippen molar-refractivity contribution >= 4 is 5.91 Å². The number of hydrogen-bond acceptors (Lipinski definition) is 2. The second kappa shape index (κ2) is 4.70. The molecule has 1 fully saturated rings. The summed E-state index contributed by atoms with van der Waals surface area (Å²) in [7, 11) is 0. The Morgan fingerprint density at radius 2 is 2.44 bits per heavy atom. The van der Waals surface area contributed by atoms with Crippen LogP contribution in [-0.4, -0.2) is 28.1 Å². The summed E-state index contributed by atoms with van der Waals surface area (Å²) >= 11 is 0. The van der Waals surface area contributed by atoms with E-state index in [2.05, 4.69) is 17.2 Å². The average molecular weight is 222 g/mol. The summed E-state index contributed by atoms with van der Waals surface area (Å²) in [5.41, 5.74) is 0.596. The molecular formula is C12H18N2O2. The predicted molar refractivity (Wildman–Crippen MR) is 61.1 cm³/mol. The van der Waals surface area contributed by atoms with E-state index >= 15 is 0 Å². The lowest BCUT2D eigenvalue weighted by Gasteiger charge is -2.37. The summed E-state index contributed by atoms with van der Waals surface area (Å²) in [4.78, 5) is 14.7. The van der Waals surface area contributed by atoms with Crippen molar-refractivity contribution in [2.24, 2.45) is 5.92 Å². The second-order valence-electron chi connectivity index (χ2n) is 4.46. The van der Waals surface area contributed by atoms with Gasteiger partial charge in [0.15, 0.2) is 0 Å². The zero-order chi connectivity index (χ0) is 11.5. The molecule has 1 atom stereocenters. The topological polar surface area (TPSA) is 65.1 Å². The third-order valence-electron chi connectivity index (χ3n) is 3.32. The van der Waals surface area contributed by atoms with E-state index < -0.39 is 0 Å². The molecule has 0 unspecified atom stereocenters. The maximum absolute atomic E-state index is 11.8. The smallest absolute Gasteiger partial charge is 0.267 e. The molecule has 0 aromatic carbocycles. The van der Waals surface area contributed by atoms with Gasteiger partial charge >= 0.3 is 0 Å². The fourth-order valence-electron chi connectivity index (χ4n) is 2.23. The molecule has 88 valence electrons. The molecule has 1 amide bonds. The Hall–Kier alpha value is -1.29. The highest BCUT2D eigenvalue weighted by molar-refractivity contribution is 5.92. The molecule has 0 bridgehead atoms. The number of hydrogen-bond donors (Lipinski definition) is 3. The largest absolute Gasteiger partial charge is 0.393 e. The monoisotopic (exact) mass is 222 g/mol. The van der Waals surface area contributed by atoms with Crippen LogP contribution >= 0.6 is 0 Å². The number of carbonyl (C=O) groups excluding carboxylic acids is 1. The Balaban J connectivity index is 1.89. The molecular weight excluding hydrogens is 204 g/mol. The van der Waals surface area contributed by atoms with Crippen LogP contribution < -0.4 is 5.32 Å². The van der Waals surface area contributed by atoms with Crippen LogP contribution in [0.1, 0.15) is 36.7 Å². The number of aromatic nitrogens is 1. The van der Waals surface area contributed by atoms with Crippen LogP contribution in [0.15, 0.2) is 18.3 Å². The highest BCUT2D eigenvalue weighted by Gasteiger charge is 2.33. The number of H-pyrrole nitrogens is 1. The van der Waals surface area contributed by atoms with E-state index in [4.69, 9.17) is 0 Å². The molecule has 0 saturated heterocycles. The minimum absolute atomic E-state index is 0.0572. The Morgan fingerprint density at radius 3 is 2.94 bits per heavy atom. The number of nitrogens with one attached hydrogen (secondary N) is 2. The molecule has 1 aliphatic rings. The maximum atomic E-state index is 11.8. The third kappa shape index (κ3) is 2.27. The SMILES string of the molecule is CC[C@@H](NC(=O)c1ccc[nH]1)C1CC(O)C1. The molecule has 1 aromatic rings. The molecule has 4 nitrogen and oxygen atoms in total. The summed E-state index contributed by atoms with van der Waals surface area (Å²) < 4.78 is 0. The number of aromatic amines is 1. The normalized spacial score (nSPS) is 25.9. The number of carbonyl (C=O) groups is 1. The highest BCUT2D eigenvalue weighted by Crippen LogP contribution is 2.31. The van der Waals surface area contributed by atoms with Gasteiger partial charge in [0.2, 0.25) is 0 Å². The molecule has 0 spiro atoms. The van der Waals surface area contributed by atoms with E-state index in [0.29, 0.717) is 11.6 Å². The minimum atomic E-state index is -0.165. The van der Waals surface area contributed by atoms with Gasteiger partial charge in [-0.25, -0.2) is 0 Å². The summed E-state index contributed by atoms with van der Waals surface area (Å²) in [6, 6.07) is 3.75. The lowest BCUT2D eigenvalue weighted by Crippen LogP contribution is -2.46. The lowest BCUT2D eigenvalue weighted by atomic mass is 9.76. The molecule has 0 radical (unpaired) electrons. The van der Waals surface area contributed by atoms with Gasteiger partial charge in [0.1, 0.15) is 5.69 Å². The average Bonchev–Trinajstić information content (AvgIpc) is 2.75. The van der Waals surface area contributed by atoms with Gasteiger partial charge in [0.05, 0.1) is 6.10 Å². The zero-order valence-corrected chi connectivity index (χ0v) is 9.44. The number of amides is 1. The predicted octanol–water partition coefficient (Wildman–Crippen LogP) is 1.29. The van der Waals surface area contributed by atoms with Crippen molar-refractivity contribution in [3.05, 3.63) is 24.0 Å². The summed E-state index contributed by atoms with van der Waals surface area (Å²) in [6.45, 7) is 2.06. The van der Waals surface area contributed by atoms with E-state index in [1.807, 2.05) is 6.07 Å². The molecule has 1 heterocycles. The van der Waals surface area contributed by atoms with Crippen molar-refractivity contribution in [2.45, 2.75) is 38.3 Å². The van der Waals surface area contributed by atoms with Crippen LogP contribution in [0.25, 0.3) is 0 Å². The van der Waals surface area contributed by atoms with Crippen molar-refractivity contribution in [1.29, 1.82) is 0 Å². The molecule has 3 N–H and O–H groups in total. The Kier molecular flexibility index (Phi) is 3.29. The summed E-state index contributed by atoms with van der Waals surface area (Å²) in [5.74, 6) is 0.372. The van der Waals surface area contributed by atoms with Crippen molar-refractivity contribution in [3.8, 4) is 0 Å². The third-order valence-corrected chi connectivity index (χ3v) is 3.32. The van der Waals surface area contributed by atoms with E-state index in [-0.39, 0.29) is 18.1 Å². The van der Waals surface area contributed by atoms with E-state index in [1.54, 1.807) is 12.3 Å². The number of aliphatic hydroxyl groups excluding tert-OH is 1. The summed E-state index contributed by atoms with van der Waals surface area (Å²) in [6.07, 6.45) is 4.10. The second-order valence-corrected chi connectivity index (χ2v) is 4.46. The van der Waals surface area contributed by atoms with E-state index in [0.717, 1.165) is 19.3 Å². The van der Waals surface area contributed by atoms with Crippen LogP contribution in [0.2, 0.25) is 0 Å². The zero-order valence-electron chi connectivity index (χ0n) is 9.44. The quantitative estimate of drug-likeness (QED) is 0.718. The standard InChI is InChI=1S/C12H18N2O2/c1-2-10(8-6-9(15)7-8)14-12(16)11-4-3-5-13-11/h3-5,8-10,13,15H,2,6-7H2,1H3,(H,14,16)/t8?,9?,10-/m1/s1. The van der Waals surface area contributed by atoms with Gasteiger partial charge in [0, 0.05) is 12.2 Å². The fraction of sp³-hybridized carbons (Fsp3) is 0.583. The van der Waals surface area contributed by atoms with Crippen LogP contribution in [0.5, 0.6) is 0 Å². The molecule has 1 aliphatic carbocycles. The van der Waals surface area contributed by atoms with Gasteiger partial charge in [-0.05, 0) is 37.3 Å². The maximum Gasteiger partial charge on any atom is 0.267 e. The summed E-state index contributed by atoms with van der Waals surface area (Å²) in [5, 5.41) is 12.3. The molecule has 1 aromatic heterocycles. The van der Waals surface area contributed by atoms with Gasteiger partial charge in [-0.3, -0.25) is 4.79 Å². The number of aliphatic hydroxyl groups is 1. The first kappa shape index (κ1) is 11.2. The minimum Gasteiger partial charge on any atom is -0.393 e. The first-order valence-corrected chi connectivity index (χ1v) is 5.83. The Morgan fingerprint density at radius 1 is 1.69 bits per heavy atom. The van der Waals surface area contributed by atoms with Gasteiger partial charge < -0.3 is 15.4 Å². The van der Waals surface area contributed by atoms with Crippen molar-refractivity contribution < 1.29 is 9.90 Å². The first-order chi connectivity index (χ1) is 7.70. The molecule has 16 heavy (non-hydrogen) atoms. The van der Waals surface area contributed by atoms with Gasteiger partial charge in [-0.1, -0.05) is 6.92 Å². The van der Waals surface area contributed by atoms with Crippen LogP contribution in [-0.2, 0) is 0 Å². The first-order valence-electron chi connectivity index (χ1n) is 5.83. The van der Waals surface area contributed by atoms with Crippen LogP contribution in [0, 0.1) is 5.92 Å². The lowest BCUT2D eigenvalue weighted by molar-refractivity contribution is 0.0232. The van der Waals surface area contributed by atoms with Crippen molar-refractivity contribution in [2.75, 3.05) is 0 Å². The fourth-order valence-corrected chi connectivity index (χ4v) is 2.23. The molecule has 0 aliphatic heterocycles. The van der Waals surface area contributed by atoms with Gasteiger partial charge in [0.25, 0.3) is 5.91 Å². The Labute approximate surface area is 95.1 Å². The molecule has 2 rings (SSSR count). The van der Waals surface area contributed by atoms with E-state index in [1.165, 1.54) is 0 Å². The van der Waals surface area contributed by atoms with Crippen molar-refractivity contribution in [3.63, 3.8) is 0 Å². The van der Waals surface area contributed by atoms with Crippen LogP contribution in [0.3, 0.4) is 0 Å².